The number of likely N-dealkylation sites (tertiary alicyclic amines) is 1. The van der Waals surface area contributed by atoms with Crippen LogP contribution >= 0.6 is 11.8 Å². The summed E-state index contributed by atoms with van der Waals surface area (Å²) in [5.74, 6) is -0.879. The van der Waals surface area contributed by atoms with Gasteiger partial charge in [-0.25, -0.2) is 0 Å². The molecule has 2 heterocycles. The van der Waals surface area contributed by atoms with Crippen LogP contribution < -0.4 is 10.6 Å². The number of hydrogen-bond donors (Lipinski definition) is 4. The molecular weight excluding hydrogens is 474 g/mol. The van der Waals surface area contributed by atoms with E-state index >= 15 is 0 Å². The van der Waals surface area contributed by atoms with Crippen molar-refractivity contribution in [2.45, 2.75) is 35.1 Å². The molecule has 3 aromatic rings. The van der Waals surface area contributed by atoms with Gasteiger partial charge >= 0.3 is 5.97 Å². The Labute approximate surface area is 216 Å². The number of phenolic OH excluding ortho intramolecular Hbond substituents is 2. The van der Waals surface area contributed by atoms with E-state index in [2.05, 4.69) is 65.4 Å². The summed E-state index contributed by atoms with van der Waals surface area (Å²) in [6.07, 6.45) is 1.39. The van der Waals surface area contributed by atoms with Crippen LogP contribution in [-0.2, 0) is 11.2 Å². The Hall–Kier alpha value is -3.20. The Morgan fingerprint density at radius 1 is 1.03 bits per heavy atom. The molecule has 0 aromatic heterocycles. The summed E-state index contributed by atoms with van der Waals surface area (Å²) in [4.78, 5) is 18.5. The second-order valence-electron chi connectivity index (χ2n) is 9.79. The fraction of sp³-hybridized carbons (Fsp3) is 0.321. The monoisotopic (exact) mass is 507 g/mol. The number of fused-ring (bicyclic) bond motifs is 2. The quantitative estimate of drug-likeness (QED) is 0.369. The summed E-state index contributed by atoms with van der Waals surface area (Å²) in [6, 6.07) is 21.7. The van der Waals surface area contributed by atoms with Crippen LogP contribution in [0.25, 0.3) is 0 Å². The zero-order valence-electron chi connectivity index (χ0n) is 20.6. The molecule has 0 bridgehead atoms. The number of aliphatic carboxylic acids is 1. The van der Waals surface area contributed by atoms with Gasteiger partial charge in [0, 0.05) is 29.3 Å². The van der Waals surface area contributed by atoms with Crippen molar-refractivity contribution >= 4 is 29.1 Å². The molecule has 36 heavy (non-hydrogen) atoms. The second-order valence-corrected chi connectivity index (χ2v) is 10.9. The second kappa shape index (κ2) is 10.8. The van der Waals surface area contributed by atoms with Crippen LogP contribution in [0.1, 0.15) is 18.9 Å². The van der Waals surface area contributed by atoms with E-state index in [1.165, 1.54) is 65.8 Å². The first kappa shape index (κ1) is 25.9. The fourth-order valence-electron chi connectivity index (χ4n) is 4.59. The summed E-state index contributed by atoms with van der Waals surface area (Å²) >= 11 is 1.89. The minimum absolute atomic E-state index is 0.0795. The Kier molecular flexibility index (Phi) is 7.78. The summed E-state index contributed by atoms with van der Waals surface area (Å²) in [7, 11) is 2.23. The number of hydrogen-bond acceptors (Lipinski definition) is 7. The predicted molar refractivity (Wildman–Crippen MR) is 143 cm³/mol. The van der Waals surface area contributed by atoms with Crippen LogP contribution in [-0.4, -0.2) is 58.4 Å². The van der Waals surface area contributed by atoms with Crippen LogP contribution in [0.3, 0.4) is 0 Å². The molecule has 0 spiro atoms. The highest BCUT2D eigenvalue weighted by atomic mass is 32.2. The molecule has 190 valence electrons. The highest BCUT2D eigenvalue weighted by molar-refractivity contribution is 7.99. The van der Waals surface area contributed by atoms with Gasteiger partial charge in [-0.05, 0) is 74.8 Å². The van der Waals surface area contributed by atoms with Gasteiger partial charge in [-0.3, -0.25) is 4.79 Å². The van der Waals surface area contributed by atoms with Crippen molar-refractivity contribution in [2.24, 2.45) is 11.7 Å². The highest BCUT2D eigenvalue weighted by Crippen LogP contribution is 2.48. The molecule has 0 saturated carbocycles. The molecule has 1 unspecified atom stereocenters. The minimum Gasteiger partial charge on any atom is -0.504 e. The van der Waals surface area contributed by atoms with Crippen molar-refractivity contribution in [2.75, 3.05) is 31.6 Å². The highest BCUT2D eigenvalue weighted by Gasteiger charge is 2.29. The Morgan fingerprint density at radius 2 is 1.64 bits per heavy atom. The van der Waals surface area contributed by atoms with Gasteiger partial charge in [0.05, 0.1) is 11.4 Å². The summed E-state index contributed by atoms with van der Waals surface area (Å²) in [5.41, 5.74) is 7.45. The van der Waals surface area contributed by atoms with Crippen molar-refractivity contribution < 1.29 is 20.1 Å². The number of carboxylic acid groups (broad SMARTS) is 1. The van der Waals surface area contributed by atoms with Gasteiger partial charge in [0.15, 0.2) is 11.5 Å². The Morgan fingerprint density at radius 3 is 2.17 bits per heavy atom. The number of nitrogens with two attached hydrogens (primary N) is 1. The number of anilines is 2. The van der Waals surface area contributed by atoms with Gasteiger partial charge in [0.25, 0.3) is 0 Å². The molecule has 8 heteroatoms. The number of benzene rings is 3. The molecule has 1 saturated heterocycles. The Bertz CT molecular complexity index is 1190. The van der Waals surface area contributed by atoms with Gasteiger partial charge in [-0.15, -0.1) is 0 Å². The molecule has 7 nitrogen and oxygen atoms in total. The standard InChI is InChI=1S/C18H20N2S.C10H13NO4/c1-19-11-10-14(12-19)13-20-15-6-2-4-8-17(15)21-18-9-5-3-7-16(18)20;1-10(11,9(14)15)5-6-2-3-7(12)8(13)4-6/h2-9,14H,10-13H2,1H3;2-4,12-13H,5,11H2,1H3,(H,14,15)/t;10-/m.0/s1. The van der Waals surface area contributed by atoms with Gasteiger partial charge in [-0.2, -0.15) is 0 Å². The average molecular weight is 508 g/mol. The maximum atomic E-state index is 10.7. The number of carboxylic acids is 1. The predicted octanol–water partition coefficient (Wildman–Crippen LogP) is 4.68. The molecule has 5 N–H and O–H groups in total. The van der Waals surface area contributed by atoms with Crippen molar-refractivity contribution in [1.29, 1.82) is 0 Å². The SMILES string of the molecule is CN1CCC(CN2c3ccccc3Sc3ccccc32)C1.C[C@](N)(Cc1ccc(O)c(O)c1)C(=O)O. The van der Waals surface area contributed by atoms with E-state index in [0.717, 1.165) is 12.5 Å². The number of nitrogens with zero attached hydrogens (tertiary/aromatic N) is 2. The van der Waals surface area contributed by atoms with Gasteiger partial charge in [-0.1, -0.05) is 42.1 Å². The lowest BCUT2D eigenvalue weighted by molar-refractivity contribution is -0.142. The molecule has 3 aromatic carbocycles. The van der Waals surface area contributed by atoms with Crippen molar-refractivity contribution in [1.82, 2.24) is 4.90 Å². The summed E-state index contributed by atoms with van der Waals surface area (Å²) in [6.45, 7) is 4.96. The first-order valence-electron chi connectivity index (χ1n) is 12.0. The molecule has 5 rings (SSSR count). The molecule has 2 atom stereocenters. The van der Waals surface area contributed by atoms with E-state index in [4.69, 9.17) is 15.9 Å². The van der Waals surface area contributed by atoms with Crippen molar-refractivity contribution in [3.63, 3.8) is 0 Å². The van der Waals surface area contributed by atoms with E-state index in [0.29, 0.717) is 5.56 Å². The maximum absolute atomic E-state index is 10.7. The zero-order valence-corrected chi connectivity index (χ0v) is 21.4. The van der Waals surface area contributed by atoms with E-state index in [-0.39, 0.29) is 17.9 Å². The first-order valence-corrected chi connectivity index (χ1v) is 12.8. The van der Waals surface area contributed by atoms with Crippen molar-refractivity contribution in [3.8, 4) is 11.5 Å². The van der Waals surface area contributed by atoms with E-state index in [9.17, 15) is 9.90 Å². The van der Waals surface area contributed by atoms with E-state index < -0.39 is 11.5 Å². The van der Waals surface area contributed by atoms with E-state index in [1.807, 2.05) is 11.8 Å². The van der Waals surface area contributed by atoms with Crippen LogP contribution in [0.5, 0.6) is 11.5 Å². The smallest absolute Gasteiger partial charge is 0.323 e. The lowest BCUT2D eigenvalue weighted by atomic mass is 9.94. The largest absolute Gasteiger partial charge is 0.504 e. The van der Waals surface area contributed by atoms with Crippen LogP contribution in [0.15, 0.2) is 76.5 Å². The number of para-hydroxylation sites is 2. The summed E-state index contributed by atoms with van der Waals surface area (Å²) < 4.78 is 0. The van der Waals surface area contributed by atoms with Gasteiger partial charge in [0.2, 0.25) is 0 Å². The van der Waals surface area contributed by atoms with E-state index in [1.54, 1.807) is 0 Å². The first-order chi connectivity index (χ1) is 17.1. The van der Waals surface area contributed by atoms with Crippen LogP contribution in [0, 0.1) is 5.92 Å². The number of carbonyl (C=O) groups is 1. The topological polar surface area (TPSA) is 110 Å². The molecular formula is C28H33N3O4S. The molecule has 0 amide bonds. The third-order valence-electron chi connectivity index (χ3n) is 6.56. The number of aromatic hydroxyl groups is 2. The average Bonchev–Trinajstić information content (AvgIpc) is 3.26. The van der Waals surface area contributed by atoms with Gasteiger partial charge in [0.1, 0.15) is 5.54 Å². The maximum Gasteiger partial charge on any atom is 0.323 e. The third kappa shape index (κ3) is 5.95. The van der Waals surface area contributed by atoms with Crippen LogP contribution in [0.4, 0.5) is 11.4 Å². The summed E-state index contributed by atoms with van der Waals surface area (Å²) in [5, 5.41) is 27.0. The minimum atomic E-state index is -1.39. The van der Waals surface area contributed by atoms with Crippen LogP contribution in [0.2, 0.25) is 0 Å². The number of phenols is 2. The lowest BCUT2D eigenvalue weighted by Crippen LogP contribution is -2.46. The molecule has 0 aliphatic carbocycles. The zero-order chi connectivity index (χ0) is 25.9. The number of rotatable bonds is 5. The fourth-order valence-corrected chi connectivity index (χ4v) is 5.69. The normalized spacial score (nSPS) is 18.4. The lowest BCUT2D eigenvalue weighted by Gasteiger charge is -2.34. The van der Waals surface area contributed by atoms with Crippen molar-refractivity contribution in [3.05, 3.63) is 72.3 Å². The third-order valence-corrected chi connectivity index (χ3v) is 7.69. The molecule has 2 aliphatic rings. The molecule has 1 fully saturated rings. The van der Waals surface area contributed by atoms with Gasteiger partial charge < -0.3 is 30.9 Å². The molecule has 2 aliphatic heterocycles. The molecule has 0 radical (unpaired) electrons. The Balaban J connectivity index is 0.000000181.